The second kappa shape index (κ2) is 7.86. The van der Waals surface area contributed by atoms with Crippen molar-refractivity contribution in [2.75, 3.05) is 13.2 Å². The van der Waals surface area contributed by atoms with Crippen LogP contribution in [0.3, 0.4) is 0 Å². The van der Waals surface area contributed by atoms with Gasteiger partial charge in [-0.05, 0) is 25.3 Å². The van der Waals surface area contributed by atoms with Crippen molar-refractivity contribution in [3.63, 3.8) is 0 Å². The number of amides is 1. The van der Waals surface area contributed by atoms with E-state index in [4.69, 9.17) is 0 Å². The zero-order chi connectivity index (χ0) is 16.9. The van der Waals surface area contributed by atoms with Gasteiger partial charge < -0.3 is 20.8 Å². The van der Waals surface area contributed by atoms with Crippen LogP contribution in [0.25, 0.3) is 0 Å². The normalized spacial score (nSPS) is 30.3. The summed E-state index contributed by atoms with van der Waals surface area (Å²) in [5.41, 5.74) is -0.124. The molecule has 0 saturated carbocycles. The van der Waals surface area contributed by atoms with E-state index in [9.17, 15) is 19.4 Å². The van der Waals surface area contributed by atoms with Gasteiger partial charge in [0.2, 0.25) is 5.91 Å². The summed E-state index contributed by atoms with van der Waals surface area (Å²) >= 11 is 0. The number of hydrogen-bond donors (Lipinski definition) is 4. The molecule has 0 aromatic heterocycles. The molecule has 0 unspecified atom stereocenters. The van der Waals surface area contributed by atoms with Gasteiger partial charge in [-0.25, -0.2) is 4.39 Å². The second-order valence-corrected chi connectivity index (χ2v) is 6.10. The lowest BCUT2D eigenvalue weighted by Crippen LogP contribution is -2.52. The summed E-state index contributed by atoms with van der Waals surface area (Å²) in [7, 11) is 0. The molecule has 1 saturated heterocycles. The third kappa shape index (κ3) is 4.07. The van der Waals surface area contributed by atoms with E-state index in [1.165, 1.54) is 0 Å². The Balaban J connectivity index is 2.16. The van der Waals surface area contributed by atoms with Crippen molar-refractivity contribution < 1.29 is 19.4 Å². The minimum atomic E-state index is -1.61. The molecule has 1 aliphatic heterocycles. The molecule has 1 amide bonds. The number of aliphatic hydroxyl groups excluding tert-OH is 2. The molecule has 4 N–H and O–H groups in total. The fraction of sp³-hybridized carbons (Fsp3) is 0.588. The summed E-state index contributed by atoms with van der Waals surface area (Å²) in [6, 6.07) is 8.86. The Hall–Kier alpha value is -1.50. The van der Waals surface area contributed by atoms with Crippen LogP contribution >= 0.6 is 0 Å². The van der Waals surface area contributed by atoms with Crippen molar-refractivity contribution >= 4 is 5.91 Å². The van der Waals surface area contributed by atoms with Crippen molar-refractivity contribution in [3.05, 3.63) is 35.9 Å². The van der Waals surface area contributed by atoms with Crippen LogP contribution in [0.5, 0.6) is 0 Å². The lowest BCUT2D eigenvalue weighted by Gasteiger charge is -2.32. The van der Waals surface area contributed by atoms with E-state index < -0.39 is 23.9 Å². The van der Waals surface area contributed by atoms with Gasteiger partial charge in [-0.3, -0.25) is 4.79 Å². The van der Waals surface area contributed by atoms with Gasteiger partial charge in [0.1, 0.15) is 12.3 Å². The summed E-state index contributed by atoms with van der Waals surface area (Å²) in [6.07, 6.45) is -2.04. The molecule has 2 rings (SSSR count). The molecule has 1 fully saturated rings. The van der Waals surface area contributed by atoms with E-state index >= 15 is 0 Å². The van der Waals surface area contributed by atoms with Gasteiger partial charge in [-0.2, -0.15) is 0 Å². The predicted molar refractivity (Wildman–Crippen MR) is 85.7 cm³/mol. The number of benzene rings is 1. The fourth-order valence-electron chi connectivity index (χ4n) is 3.22. The number of rotatable bonds is 7. The summed E-state index contributed by atoms with van der Waals surface area (Å²) in [4.78, 5) is 12.0. The Kier molecular flexibility index (Phi) is 6.10. The van der Waals surface area contributed by atoms with E-state index in [0.717, 1.165) is 5.56 Å². The first kappa shape index (κ1) is 17.8. The highest BCUT2D eigenvalue weighted by molar-refractivity contribution is 5.77. The van der Waals surface area contributed by atoms with Crippen LogP contribution in [0.4, 0.5) is 4.39 Å². The zero-order valence-electron chi connectivity index (χ0n) is 13.3. The van der Waals surface area contributed by atoms with Crippen molar-refractivity contribution in [1.82, 2.24) is 10.6 Å². The molecule has 0 spiro atoms. The average molecular weight is 324 g/mol. The lowest BCUT2D eigenvalue weighted by atomic mass is 9.84. The molecule has 6 heteroatoms. The molecule has 128 valence electrons. The smallest absolute Gasteiger partial charge is 0.221 e. The van der Waals surface area contributed by atoms with Gasteiger partial charge in [0.25, 0.3) is 0 Å². The molecule has 0 aliphatic carbocycles. The molecule has 4 atom stereocenters. The van der Waals surface area contributed by atoms with E-state index in [-0.39, 0.29) is 18.9 Å². The summed E-state index contributed by atoms with van der Waals surface area (Å²) in [5.74, 6) is -0.262. The number of aryl methyl sites for hydroxylation is 1. The van der Waals surface area contributed by atoms with Gasteiger partial charge in [-0.1, -0.05) is 30.3 Å². The topological polar surface area (TPSA) is 81.6 Å². The van der Waals surface area contributed by atoms with Gasteiger partial charge in [0.05, 0.1) is 18.2 Å². The highest BCUT2D eigenvalue weighted by Crippen LogP contribution is 2.34. The van der Waals surface area contributed by atoms with Crippen molar-refractivity contribution in [2.24, 2.45) is 0 Å². The van der Waals surface area contributed by atoms with Crippen LogP contribution in [0.1, 0.15) is 25.3 Å². The van der Waals surface area contributed by atoms with E-state index in [1.807, 2.05) is 30.3 Å². The maximum absolute atomic E-state index is 14.8. The van der Waals surface area contributed by atoms with Crippen molar-refractivity contribution in [3.8, 4) is 0 Å². The largest absolute Gasteiger partial charge is 0.395 e. The Labute approximate surface area is 135 Å². The minimum Gasteiger partial charge on any atom is -0.395 e. The minimum absolute atomic E-state index is 0.0671. The van der Waals surface area contributed by atoms with Crippen molar-refractivity contribution in [1.29, 1.82) is 0 Å². The molecule has 0 radical (unpaired) electrons. The Bertz CT molecular complexity index is 514. The van der Waals surface area contributed by atoms with Crippen molar-refractivity contribution in [2.45, 2.75) is 50.0 Å². The third-order valence-corrected chi connectivity index (χ3v) is 4.46. The van der Waals surface area contributed by atoms with Crippen LogP contribution in [0, 0.1) is 0 Å². The maximum atomic E-state index is 14.8. The molecular formula is C17H25FN2O3. The first-order valence-electron chi connectivity index (χ1n) is 8.03. The SMILES string of the molecule is CCNC(=O)C[C@@]1(CCc2ccccc2)N[C@H](CO)[C@@H](O)[C@@H]1F. The molecule has 0 bridgehead atoms. The summed E-state index contributed by atoms with van der Waals surface area (Å²) < 4.78 is 14.8. The fourth-order valence-corrected chi connectivity index (χ4v) is 3.22. The number of carbonyl (C=O) groups is 1. The first-order chi connectivity index (χ1) is 11.0. The molecule has 1 aromatic rings. The zero-order valence-corrected chi connectivity index (χ0v) is 13.3. The number of hydrogen-bond acceptors (Lipinski definition) is 4. The highest BCUT2D eigenvalue weighted by atomic mass is 19.1. The molecule has 1 aromatic carbocycles. The van der Waals surface area contributed by atoms with Gasteiger partial charge >= 0.3 is 0 Å². The van der Waals surface area contributed by atoms with Gasteiger partial charge in [0.15, 0.2) is 0 Å². The van der Waals surface area contributed by atoms with Crippen LogP contribution in [-0.2, 0) is 11.2 Å². The maximum Gasteiger partial charge on any atom is 0.221 e. The first-order valence-corrected chi connectivity index (χ1v) is 8.03. The predicted octanol–water partition coefficient (Wildman–Crippen LogP) is 0.547. The quantitative estimate of drug-likeness (QED) is 0.590. The Morgan fingerprint density at radius 3 is 2.65 bits per heavy atom. The van der Waals surface area contributed by atoms with E-state index in [0.29, 0.717) is 19.4 Å². The molecule has 23 heavy (non-hydrogen) atoms. The van der Waals surface area contributed by atoms with Crippen LogP contribution < -0.4 is 10.6 Å². The molecule has 1 heterocycles. The lowest BCUT2D eigenvalue weighted by molar-refractivity contribution is -0.123. The number of aliphatic hydroxyl groups is 2. The number of alkyl halides is 1. The Morgan fingerprint density at radius 1 is 1.39 bits per heavy atom. The third-order valence-electron chi connectivity index (χ3n) is 4.46. The van der Waals surface area contributed by atoms with Gasteiger partial charge in [-0.15, -0.1) is 0 Å². The van der Waals surface area contributed by atoms with Crippen LogP contribution in [0.15, 0.2) is 30.3 Å². The summed E-state index contributed by atoms with van der Waals surface area (Å²) in [6.45, 7) is 1.90. The second-order valence-electron chi connectivity index (χ2n) is 6.10. The average Bonchev–Trinajstić information content (AvgIpc) is 2.79. The van der Waals surface area contributed by atoms with E-state index in [1.54, 1.807) is 6.92 Å². The Morgan fingerprint density at radius 2 is 2.09 bits per heavy atom. The number of halogens is 1. The van der Waals surface area contributed by atoms with Crippen LogP contribution in [-0.4, -0.2) is 53.1 Å². The number of carbonyl (C=O) groups excluding carboxylic acids is 1. The molecular weight excluding hydrogens is 299 g/mol. The standard InChI is InChI=1S/C17H25FN2O3/c1-2-19-14(22)10-17(9-8-12-6-4-3-5-7-12)16(18)15(23)13(11-21)20-17/h3-7,13,15-16,20-21,23H,2,8-11H2,1H3,(H,19,22)/t13-,15-,16+,17-/m1/s1. The van der Waals surface area contributed by atoms with E-state index in [2.05, 4.69) is 10.6 Å². The summed E-state index contributed by atoms with van der Waals surface area (Å²) in [5, 5.41) is 25.0. The monoisotopic (exact) mass is 324 g/mol. The highest BCUT2D eigenvalue weighted by Gasteiger charge is 2.53. The van der Waals surface area contributed by atoms with Gasteiger partial charge in [0, 0.05) is 13.0 Å². The van der Waals surface area contributed by atoms with Crippen LogP contribution in [0.2, 0.25) is 0 Å². The molecule has 1 aliphatic rings. The molecule has 5 nitrogen and oxygen atoms in total. The number of nitrogens with one attached hydrogen (secondary N) is 2.